The number of rotatable bonds is 2. The van der Waals surface area contributed by atoms with Crippen molar-refractivity contribution in [1.82, 2.24) is 0 Å². The van der Waals surface area contributed by atoms with Crippen molar-refractivity contribution in [2.24, 2.45) is 0 Å². The van der Waals surface area contributed by atoms with Crippen LogP contribution < -0.4 is 0 Å². The van der Waals surface area contributed by atoms with Crippen molar-refractivity contribution in [1.29, 1.82) is 0 Å². The van der Waals surface area contributed by atoms with Gasteiger partial charge in [-0.2, -0.15) is 0 Å². The summed E-state index contributed by atoms with van der Waals surface area (Å²) in [6, 6.07) is 9.70. The molecule has 0 saturated heterocycles. The Morgan fingerprint density at radius 1 is 1.38 bits per heavy atom. The number of fused-ring (bicyclic) bond motifs is 1. The van der Waals surface area contributed by atoms with Crippen LogP contribution in [-0.4, -0.2) is 4.92 Å². The zero-order valence-electron chi connectivity index (χ0n) is 6.77. The van der Waals surface area contributed by atoms with Gasteiger partial charge in [-0.15, -0.1) is 11.3 Å². The normalized spacial score (nSPS) is 10.5. The summed E-state index contributed by atoms with van der Waals surface area (Å²) in [7, 11) is 0. The SMILES string of the molecule is O=[N+]([O-])Cc1cc2ccccc2s1. The Bertz CT molecular complexity index is 417. The zero-order chi connectivity index (χ0) is 9.26. The van der Waals surface area contributed by atoms with Crippen LogP contribution in [0.3, 0.4) is 0 Å². The van der Waals surface area contributed by atoms with Crippen LogP contribution in [0.1, 0.15) is 4.88 Å². The Morgan fingerprint density at radius 2 is 2.15 bits per heavy atom. The fraction of sp³-hybridized carbons (Fsp3) is 0.111. The third-order valence-corrected chi connectivity index (χ3v) is 2.86. The van der Waals surface area contributed by atoms with Crippen molar-refractivity contribution < 1.29 is 4.92 Å². The van der Waals surface area contributed by atoms with Gasteiger partial charge in [0.05, 0.1) is 4.88 Å². The first-order valence-electron chi connectivity index (χ1n) is 3.85. The molecule has 2 aromatic rings. The molecule has 1 heterocycles. The topological polar surface area (TPSA) is 43.1 Å². The van der Waals surface area contributed by atoms with E-state index in [1.165, 1.54) is 11.3 Å². The van der Waals surface area contributed by atoms with Crippen LogP contribution in [-0.2, 0) is 6.54 Å². The summed E-state index contributed by atoms with van der Waals surface area (Å²) < 4.78 is 1.11. The maximum atomic E-state index is 10.3. The molecule has 2 rings (SSSR count). The monoisotopic (exact) mass is 193 g/mol. The van der Waals surface area contributed by atoms with Crippen molar-refractivity contribution in [3.8, 4) is 0 Å². The van der Waals surface area contributed by atoms with Crippen LogP contribution in [0.5, 0.6) is 0 Å². The van der Waals surface area contributed by atoms with Gasteiger partial charge >= 0.3 is 0 Å². The van der Waals surface area contributed by atoms with Crippen LogP contribution >= 0.6 is 11.3 Å². The van der Waals surface area contributed by atoms with E-state index >= 15 is 0 Å². The summed E-state index contributed by atoms with van der Waals surface area (Å²) in [6.07, 6.45) is 0. The number of thiophene rings is 1. The second-order valence-electron chi connectivity index (χ2n) is 2.74. The van der Waals surface area contributed by atoms with Gasteiger partial charge in [0.1, 0.15) is 0 Å². The smallest absolute Gasteiger partial charge is 0.237 e. The molecule has 0 bridgehead atoms. The zero-order valence-corrected chi connectivity index (χ0v) is 7.58. The largest absolute Gasteiger partial charge is 0.264 e. The average molecular weight is 193 g/mol. The first-order chi connectivity index (χ1) is 6.25. The Balaban J connectivity index is 2.44. The fourth-order valence-corrected chi connectivity index (χ4v) is 2.27. The number of nitrogens with zero attached hydrogens (tertiary/aromatic N) is 1. The predicted octanol–water partition coefficient (Wildman–Crippen LogP) is 2.68. The quantitative estimate of drug-likeness (QED) is 0.543. The minimum absolute atomic E-state index is 0.0701. The standard InChI is InChI=1S/C9H7NO2S/c11-10(12)6-8-5-7-3-1-2-4-9(7)13-8/h1-5H,6H2. The van der Waals surface area contributed by atoms with Gasteiger partial charge in [-0.25, -0.2) is 0 Å². The summed E-state index contributed by atoms with van der Waals surface area (Å²) in [5, 5.41) is 11.3. The highest BCUT2D eigenvalue weighted by atomic mass is 32.1. The number of benzene rings is 1. The lowest BCUT2D eigenvalue weighted by Crippen LogP contribution is -1.94. The van der Waals surface area contributed by atoms with E-state index < -0.39 is 0 Å². The molecule has 1 aromatic carbocycles. The van der Waals surface area contributed by atoms with Crippen molar-refractivity contribution in [3.05, 3.63) is 45.3 Å². The van der Waals surface area contributed by atoms with Gasteiger partial charge in [0.2, 0.25) is 6.54 Å². The van der Waals surface area contributed by atoms with Gasteiger partial charge in [-0.3, -0.25) is 10.1 Å². The second-order valence-corrected chi connectivity index (χ2v) is 3.91. The van der Waals surface area contributed by atoms with E-state index in [1.54, 1.807) is 0 Å². The van der Waals surface area contributed by atoms with Gasteiger partial charge in [0.25, 0.3) is 0 Å². The van der Waals surface area contributed by atoms with E-state index in [1.807, 2.05) is 30.3 Å². The van der Waals surface area contributed by atoms with Crippen LogP contribution in [0.25, 0.3) is 10.1 Å². The molecule has 0 amide bonds. The maximum Gasteiger partial charge on any atom is 0.237 e. The van der Waals surface area contributed by atoms with E-state index in [0.29, 0.717) is 0 Å². The van der Waals surface area contributed by atoms with Crippen LogP contribution in [0.15, 0.2) is 30.3 Å². The minimum atomic E-state index is -0.301. The molecule has 0 N–H and O–H groups in total. The molecule has 0 atom stereocenters. The molecule has 0 saturated carbocycles. The lowest BCUT2D eigenvalue weighted by Gasteiger charge is -1.84. The summed E-state index contributed by atoms with van der Waals surface area (Å²) in [5.74, 6) is 0. The molecule has 0 spiro atoms. The van der Waals surface area contributed by atoms with Gasteiger partial charge in [-0.05, 0) is 17.5 Å². The highest BCUT2D eigenvalue weighted by Gasteiger charge is 2.05. The molecule has 0 unspecified atom stereocenters. The molecule has 66 valence electrons. The first-order valence-corrected chi connectivity index (χ1v) is 4.66. The van der Waals surface area contributed by atoms with Gasteiger partial charge in [0, 0.05) is 9.62 Å². The van der Waals surface area contributed by atoms with Crippen molar-refractivity contribution in [3.63, 3.8) is 0 Å². The molecule has 0 aliphatic heterocycles. The molecule has 0 aliphatic carbocycles. The van der Waals surface area contributed by atoms with E-state index in [2.05, 4.69) is 0 Å². The number of hydrogen-bond acceptors (Lipinski definition) is 3. The Morgan fingerprint density at radius 3 is 2.85 bits per heavy atom. The molecule has 0 aliphatic rings. The van der Waals surface area contributed by atoms with Crippen molar-refractivity contribution >= 4 is 21.4 Å². The molecule has 3 nitrogen and oxygen atoms in total. The Labute approximate surface area is 78.8 Å². The van der Waals surface area contributed by atoms with E-state index in [9.17, 15) is 10.1 Å². The third-order valence-electron chi connectivity index (χ3n) is 1.76. The molecule has 13 heavy (non-hydrogen) atoms. The summed E-state index contributed by atoms with van der Waals surface area (Å²) in [4.78, 5) is 10.8. The van der Waals surface area contributed by atoms with Crippen LogP contribution in [0.2, 0.25) is 0 Å². The number of nitro groups is 1. The van der Waals surface area contributed by atoms with Crippen LogP contribution in [0.4, 0.5) is 0 Å². The molecule has 0 fully saturated rings. The molecule has 0 radical (unpaired) electrons. The Hall–Kier alpha value is -1.42. The molecular formula is C9H7NO2S. The summed E-state index contributed by atoms with van der Waals surface area (Å²) in [6.45, 7) is -0.0701. The summed E-state index contributed by atoms with van der Waals surface area (Å²) in [5.41, 5.74) is 0. The van der Waals surface area contributed by atoms with Gasteiger partial charge in [0.15, 0.2) is 0 Å². The third kappa shape index (κ3) is 1.67. The highest BCUT2D eigenvalue weighted by molar-refractivity contribution is 7.19. The molecule has 1 aromatic heterocycles. The van der Waals surface area contributed by atoms with E-state index in [0.717, 1.165) is 15.0 Å². The Kier molecular flexibility index (Phi) is 1.98. The fourth-order valence-electron chi connectivity index (χ4n) is 1.24. The summed E-state index contributed by atoms with van der Waals surface area (Å²) >= 11 is 1.48. The van der Waals surface area contributed by atoms with Crippen molar-refractivity contribution in [2.45, 2.75) is 6.54 Å². The van der Waals surface area contributed by atoms with E-state index in [4.69, 9.17) is 0 Å². The highest BCUT2D eigenvalue weighted by Crippen LogP contribution is 2.25. The predicted molar refractivity (Wildman–Crippen MR) is 52.5 cm³/mol. The van der Waals surface area contributed by atoms with Crippen molar-refractivity contribution in [2.75, 3.05) is 0 Å². The second kappa shape index (κ2) is 3.14. The lowest BCUT2D eigenvalue weighted by molar-refractivity contribution is -0.496. The number of hydrogen-bond donors (Lipinski definition) is 0. The minimum Gasteiger partial charge on any atom is -0.264 e. The van der Waals surface area contributed by atoms with E-state index in [-0.39, 0.29) is 11.5 Å². The van der Waals surface area contributed by atoms with Crippen LogP contribution in [0, 0.1) is 10.1 Å². The first kappa shape index (κ1) is 8.19. The molecular weight excluding hydrogens is 186 g/mol. The maximum absolute atomic E-state index is 10.3. The average Bonchev–Trinajstić information content (AvgIpc) is 2.44. The van der Waals surface area contributed by atoms with Gasteiger partial charge in [-0.1, -0.05) is 18.2 Å². The lowest BCUT2D eigenvalue weighted by atomic mass is 10.2. The van der Waals surface area contributed by atoms with Gasteiger partial charge < -0.3 is 0 Å². The molecule has 4 heteroatoms.